The van der Waals surface area contributed by atoms with Crippen LogP contribution in [0.1, 0.15) is 34.5 Å². The standard InChI is InChI=1S/C17H16FNO2/c1-3-19(2)11-8-9-12-14(10-11)17(20)21-16(12)13-6-4-5-7-15(13)18/h4-10,16H,3H2,1-2H3. The van der Waals surface area contributed by atoms with Crippen molar-refractivity contribution in [2.24, 2.45) is 0 Å². The van der Waals surface area contributed by atoms with Crippen molar-refractivity contribution in [1.82, 2.24) is 0 Å². The Hall–Kier alpha value is -2.36. The molecule has 0 bridgehead atoms. The van der Waals surface area contributed by atoms with Gasteiger partial charge >= 0.3 is 5.97 Å². The highest BCUT2D eigenvalue weighted by Crippen LogP contribution is 2.38. The molecule has 21 heavy (non-hydrogen) atoms. The van der Waals surface area contributed by atoms with E-state index in [1.165, 1.54) is 6.07 Å². The molecule has 0 aliphatic carbocycles. The van der Waals surface area contributed by atoms with Crippen LogP contribution in [0.5, 0.6) is 0 Å². The van der Waals surface area contributed by atoms with Gasteiger partial charge in [-0.05, 0) is 25.1 Å². The lowest BCUT2D eigenvalue weighted by atomic mass is 9.98. The Morgan fingerprint density at radius 3 is 2.67 bits per heavy atom. The van der Waals surface area contributed by atoms with Gasteiger partial charge in [0.1, 0.15) is 5.82 Å². The van der Waals surface area contributed by atoms with Crippen LogP contribution in [0.15, 0.2) is 42.5 Å². The van der Waals surface area contributed by atoms with E-state index in [0.717, 1.165) is 17.8 Å². The molecule has 1 heterocycles. The molecule has 0 spiro atoms. The third-order valence-electron chi connectivity index (χ3n) is 3.87. The molecule has 108 valence electrons. The largest absolute Gasteiger partial charge is 0.449 e. The lowest BCUT2D eigenvalue weighted by molar-refractivity contribution is 0.0451. The van der Waals surface area contributed by atoms with Crippen LogP contribution in [0.4, 0.5) is 10.1 Å². The van der Waals surface area contributed by atoms with E-state index in [1.54, 1.807) is 18.2 Å². The summed E-state index contributed by atoms with van der Waals surface area (Å²) in [6.07, 6.45) is -0.658. The summed E-state index contributed by atoms with van der Waals surface area (Å²) >= 11 is 0. The first-order valence-corrected chi connectivity index (χ1v) is 6.92. The smallest absolute Gasteiger partial charge is 0.339 e. The van der Waals surface area contributed by atoms with E-state index in [1.807, 2.05) is 37.1 Å². The topological polar surface area (TPSA) is 29.5 Å². The van der Waals surface area contributed by atoms with Crippen LogP contribution in [0.3, 0.4) is 0 Å². The Morgan fingerprint density at radius 1 is 1.19 bits per heavy atom. The SMILES string of the molecule is CCN(C)c1ccc2c(c1)C(=O)OC2c1ccccc1F. The molecule has 3 rings (SSSR count). The van der Waals surface area contributed by atoms with Crippen molar-refractivity contribution in [2.75, 3.05) is 18.5 Å². The molecule has 2 aromatic carbocycles. The molecule has 0 fully saturated rings. The minimum atomic E-state index is -0.658. The van der Waals surface area contributed by atoms with Gasteiger partial charge in [0, 0.05) is 30.4 Å². The number of nitrogens with zero attached hydrogens (tertiary/aromatic N) is 1. The number of hydrogen-bond donors (Lipinski definition) is 0. The van der Waals surface area contributed by atoms with Gasteiger partial charge in [-0.2, -0.15) is 0 Å². The van der Waals surface area contributed by atoms with Gasteiger partial charge in [0.25, 0.3) is 0 Å². The van der Waals surface area contributed by atoms with Crippen LogP contribution in [0, 0.1) is 5.82 Å². The highest BCUT2D eigenvalue weighted by molar-refractivity contribution is 5.95. The fourth-order valence-electron chi connectivity index (χ4n) is 2.52. The van der Waals surface area contributed by atoms with Gasteiger partial charge in [-0.15, -0.1) is 0 Å². The van der Waals surface area contributed by atoms with Gasteiger partial charge in [-0.25, -0.2) is 9.18 Å². The summed E-state index contributed by atoms with van der Waals surface area (Å²) in [5.74, 6) is -0.762. The molecule has 4 heteroatoms. The molecule has 0 radical (unpaired) electrons. The van der Waals surface area contributed by atoms with Crippen LogP contribution >= 0.6 is 0 Å². The Balaban J connectivity index is 2.05. The van der Waals surface area contributed by atoms with Crippen molar-refractivity contribution >= 4 is 11.7 Å². The van der Waals surface area contributed by atoms with E-state index in [4.69, 9.17) is 4.74 Å². The van der Waals surface area contributed by atoms with Crippen molar-refractivity contribution in [3.05, 3.63) is 65.0 Å². The highest BCUT2D eigenvalue weighted by Gasteiger charge is 2.33. The van der Waals surface area contributed by atoms with Crippen molar-refractivity contribution < 1.29 is 13.9 Å². The quantitative estimate of drug-likeness (QED) is 0.808. The number of hydrogen-bond acceptors (Lipinski definition) is 3. The van der Waals surface area contributed by atoms with E-state index >= 15 is 0 Å². The summed E-state index contributed by atoms with van der Waals surface area (Å²) in [5.41, 5.74) is 2.57. The zero-order valence-electron chi connectivity index (χ0n) is 12.0. The van der Waals surface area contributed by atoms with E-state index in [-0.39, 0.29) is 5.82 Å². The van der Waals surface area contributed by atoms with Gasteiger partial charge in [-0.1, -0.05) is 24.3 Å². The Kier molecular flexibility index (Phi) is 3.37. The summed E-state index contributed by atoms with van der Waals surface area (Å²) in [5, 5.41) is 0. The number of benzene rings is 2. The summed E-state index contributed by atoms with van der Waals surface area (Å²) in [6, 6.07) is 12.0. The third kappa shape index (κ3) is 2.27. The number of cyclic esters (lactones) is 1. The molecule has 1 atom stereocenters. The van der Waals surface area contributed by atoms with Crippen molar-refractivity contribution in [3.8, 4) is 0 Å². The second-order valence-electron chi connectivity index (χ2n) is 5.09. The normalized spacial score (nSPS) is 16.5. The van der Waals surface area contributed by atoms with Crippen molar-refractivity contribution in [1.29, 1.82) is 0 Å². The van der Waals surface area contributed by atoms with E-state index in [0.29, 0.717) is 11.1 Å². The first-order chi connectivity index (χ1) is 10.1. The Bertz CT molecular complexity index is 699. The summed E-state index contributed by atoms with van der Waals surface area (Å²) in [6.45, 7) is 2.87. The minimum Gasteiger partial charge on any atom is -0.449 e. The zero-order chi connectivity index (χ0) is 15.0. The predicted octanol–water partition coefficient (Wildman–Crippen LogP) is 3.54. The van der Waals surface area contributed by atoms with Crippen LogP contribution in [0.25, 0.3) is 0 Å². The molecular weight excluding hydrogens is 269 g/mol. The van der Waals surface area contributed by atoms with Gasteiger partial charge in [0.15, 0.2) is 6.10 Å². The van der Waals surface area contributed by atoms with E-state index < -0.39 is 12.1 Å². The molecule has 1 aliphatic heterocycles. The molecule has 1 aliphatic rings. The summed E-state index contributed by atoms with van der Waals surface area (Å²) in [4.78, 5) is 14.1. The highest BCUT2D eigenvalue weighted by atomic mass is 19.1. The minimum absolute atomic E-state index is 0.363. The molecule has 0 saturated heterocycles. The van der Waals surface area contributed by atoms with Crippen LogP contribution in [0.2, 0.25) is 0 Å². The second kappa shape index (κ2) is 5.20. The molecular formula is C17H16FNO2. The zero-order valence-corrected chi connectivity index (χ0v) is 12.0. The third-order valence-corrected chi connectivity index (χ3v) is 3.87. The predicted molar refractivity (Wildman–Crippen MR) is 79.0 cm³/mol. The molecule has 2 aromatic rings. The number of rotatable bonds is 3. The number of carbonyl (C=O) groups is 1. The van der Waals surface area contributed by atoms with Gasteiger partial charge in [0.2, 0.25) is 0 Å². The van der Waals surface area contributed by atoms with Gasteiger partial charge < -0.3 is 9.64 Å². The average molecular weight is 285 g/mol. The van der Waals surface area contributed by atoms with Crippen LogP contribution in [-0.2, 0) is 4.74 Å². The molecule has 0 N–H and O–H groups in total. The molecule has 3 nitrogen and oxygen atoms in total. The molecule has 0 saturated carbocycles. The van der Waals surface area contributed by atoms with Gasteiger partial charge in [0.05, 0.1) is 5.56 Å². The molecule has 0 aromatic heterocycles. The first-order valence-electron chi connectivity index (χ1n) is 6.92. The summed E-state index contributed by atoms with van der Waals surface area (Å²) < 4.78 is 19.3. The second-order valence-corrected chi connectivity index (χ2v) is 5.09. The lowest BCUT2D eigenvalue weighted by Crippen LogP contribution is -2.16. The number of fused-ring (bicyclic) bond motifs is 1. The van der Waals surface area contributed by atoms with Crippen molar-refractivity contribution in [2.45, 2.75) is 13.0 Å². The summed E-state index contributed by atoms with van der Waals surface area (Å²) in [7, 11) is 1.95. The maximum Gasteiger partial charge on any atom is 0.339 e. The molecule has 1 unspecified atom stereocenters. The van der Waals surface area contributed by atoms with Crippen LogP contribution < -0.4 is 4.90 Å². The number of esters is 1. The first kappa shape index (κ1) is 13.6. The monoisotopic (exact) mass is 285 g/mol. The average Bonchev–Trinajstić information content (AvgIpc) is 2.83. The maximum absolute atomic E-state index is 13.9. The number of carbonyl (C=O) groups excluding carboxylic acids is 1. The Labute approximate surface area is 123 Å². The number of ether oxygens (including phenoxy) is 1. The number of halogens is 1. The number of anilines is 1. The van der Waals surface area contributed by atoms with E-state index in [9.17, 15) is 9.18 Å². The molecule has 0 amide bonds. The fraction of sp³-hybridized carbons (Fsp3) is 0.235. The lowest BCUT2D eigenvalue weighted by Gasteiger charge is -2.17. The van der Waals surface area contributed by atoms with Gasteiger partial charge in [-0.3, -0.25) is 0 Å². The Morgan fingerprint density at radius 2 is 1.95 bits per heavy atom. The van der Waals surface area contributed by atoms with E-state index in [2.05, 4.69) is 0 Å². The van der Waals surface area contributed by atoms with Crippen molar-refractivity contribution in [3.63, 3.8) is 0 Å². The fourth-order valence-corrected chi connectivity index (χ4v) is 2.52. The maximum atomic E-state index is 13.9. The van der Waals surface area contributed by atoms with Crippen LogP contribution in [-0.4, -0.2) is 19.6 Å².